The Kier molecular flexibility index (Phi) is 4.64. The Morgan fingerprint density at radius 3 is 2.10 bits per heavy atom. The van der Waals surface area contributed by atoms with Crippen molar-refractivity contribution < 1.29 is 14.6 Å². The number of carbonyl (C=O) groups excluding carboxylic acids is 1. The zero-order chi connectivity index (χ0) is 14.5. The van der Waals surface area contributed by atoms with Crippen LogP contribution in [0, 0.1) is 0 Å². The van der Waals surface area contributed by atoms with Crippen LogP contribution in [0.15, 0.2) is 48.5 Å². The van der Waals surface area contributed by atoms with Gasteiger partial charge in [0.05, 0.1) is 6.61 Å². The van der Waals surface area contributed by atoms with Crippen molar-refractivity contribution in [3.63, 3.8) is 0 Å². The van der Waals surface area contributed by atoms with E-state index in [0.29, 0.717) is 12.2 Å². The van der Waals surface area contributed by atoms with Gasteiger partial charge >= 0.3 is 5.97 Å². The second-order valence-electron chi connectivity index (χ2n) is 4.28. The summed E-state index contributed by atoms with van der Waals surface area (Å²) in [6.07, 6.45) is 0. The molecular formula is C16H15ClO3. The molecule has 2 aromatic carbocycles. The van der Waals surface area contributed by atoms with Gasteiger partial charge in [-0.15, -0.1) is 11.6 Å². The zero-order valence-corrected chi connectivity index (χ0v) is 11.8. The van der Waals surface area contributed by atoms with Crippen LogP contribution in [0.2, 0.25) is 0 Å². The molecule has 0 saturated carbocycles. The number of carbonyl (C=O) groups is 1. The molecule has 3 nitrogen and oxygen atoms in total. The SMILES string of the molecule is CCOC(=O)C(Cl)c1ccc(-c2ccc(O)cc2)cc1. The largest absolute Gasteiger partial charge is 0.508 e. The summed E-state index contributed by atoms with van der Waals surface area (Å²) in [6.45, 7) is 2.06. The maximum atomic E-state index is 11.6. The number of aromatic hydroxyl groups is 1. The molecular weight excluding hydrogens is 276 g/mol. The summed E-state index contributed by atoms with van der Waals surface area (Å²) in [4.78, 5) is 11.6. The Balaban J connectivity index is 2.17. The summed E-state index contributed by atoms with van der Waals surface area (Å²) in [7, 11) is 0. The minimum atomic E-state index is -0.788. The van der Waals surface area contributed by atoms with Crippen LogP contribution < -0.4 is 0 Å². The molecule has 1 N–H and O–H groups in total. The van der Waals surface area contributed by atoms with Crippen molar-refractivity contribution >= 4 is 17.6 Å². The van der Waals surface area contributed by atoms with E-state index < -0.39 is 11.3 Å². The van der Waals surface area contributed by atoms with Crippen molar-refractivity contribution in [2.24, 2.45) is 0 Å². The Hall–Kier alpha value is -2.00. The van der Waals surface area contributed by atoms with Crippen molar-refractivity contribution in [2.45, 2.75) is 12.3 Å². The third kappa shape index (κ3) is 3.31. The number of phenols is 1. The first-order valence-corrected chi connectivity index (χ1v) is 6.75. The molecule has 0 spiro atoms. The van der Waals surface area contributed by atoms with E-state index >= 15 is 0 Å². The number of ether oxygens (including phenoxy) is 1. The molecule has 0 amide bonds. The van der Waals surface area contributed by atoms with Crippen LogP contribution >= 0.6 is 11.6 Å². The highest BCUT2D eigenvalue weighted by molar-refractivity contribution is 6.29. The summed E-state index contributed by atoms with van der Waals surface area (Å²) in [5, 5.41) is 8.48. The van der Waals surface area contributed by atoms with Gasteiger partial charge in [-0.3, -0.25) is 4.79 Å². The lowest BCUT2D eigenvalue weighted by Gasteiger charge is -2.10. The first-order chi connectivity index (χ1) is 9.61. The summed E-state index contributed by atoms with van der Waals surface area (Å²) < 4.78 is 4.89. The van der Waals surface area contributed by atoms with Crippen LogP contribution in [-0.4, -0.2) is 17.7 Å². The summed E-state index contributed by atoms with van der Waals surface area (Å²) >= 11 is 6.05. The highest BCUT2D eigenvalue weighted by Gasteiger charge is 2.18. The first kappa shape index (κ1) is 14.4. The fourth-order valence-electron chi connectivity index (χ4n) is 1.85. The lowest BCUT2D eigenvalue weighted by molar-refractivity contribution is -0.142. The standard InChI is InChI=1S/C16H15ClO3/c1-2-20-16(19)15(17)13-5-3-11(4-6-13)12-7-9-14(18)10-8-12/h3-10,15,18H,2H2,1H3. The lowest BCUT2D eigenvalue weighted by atomic mass is 10.0. The number of hydrogen-bond acceptors (Lipinski definition) is 3. The Morgan fingerprint density at radius 1 is 1.10 bits per heavy atom. The highest BCUT2D eigenvalue weighted by Crippen LogP contribution is 2.26. The van der Waals surface area contributed by atoms with E-state index in [0.717, 1.165) is 11.1 Å². The van der Waals surface area contributed by atoms with E-state index in [4.69, 9.17) is 16.3 Å². The molecule has 0 aliphatic rings. The van der Waals surface area contributed by atoms with Gasteiger partial charge in [-0.05, 0) is 35.7 Å². The number of halogens is 1. The van der Waals surface area contributed by atoms with Gasteiger partial charge in [0.2, 0.25) is 0 Å². The van der Waals surface area contributed by atoms with Crippen LogP contribution in [0.25, 0.3) is 11.1 Å². The van der Waals surface area contributed by atoms with Gasteiger partial charge in [0.15, 0.2) is 5.38 Å². The number of esters is 1. The molecule has 0 aliphatic heterocycles. The van der Waals surface area contributed by atoms with Crippen LogP contribution in [0.4, 0.5) is 0 Å². The first-order valence-electron chi connectivity index (χ1n) is 6.32. The summed E-state index contributed by atoms with van der Waals surface area (Å²) in [5.74, 6) is -0.208. The quantitative estimate of drug-likeness (QED) is 0.686. The van der Waals surface area contributed by atoms with Crippen LogP contribution in [0.1, 0.15) is 17.9 Å². The molecule has 20 heavy (non-hydrogen) atoms. The van der Waals surface area contributed by atoms with E-state index in [1.807, 2.05) is 24.3 Å². The van der Waals surface area contributed by atoms with Crippen molar-refractivity contribution in [1.82, 2.24) is 0 Å². The molecule has 4 heteroatoms. The maximum absolute atomic E-state index is 11.6. The second-order valence-corrected chi connectivity index (χ2v) is 4.72. The topological polar surface area (TPSA) is 46.5 Å². The Bertz CT molecular complexity index is 576. The van der Waals surface area contributed by atoms with E-state index in [9.17, 15) is 9.90 Å². The average Bonchev–Trinajstić information content (AvgIpc) is 2.48. The normalized spacial score (nSPS) is 11.9. The molecule has 2 rings (SSSR count). The van der Waals surface area contributed by atoms with Crippen molar-refractivity contribution in [3.8, 4) is 16.9 Å². The minimum absolute atomic E-state index is 0.230. The van der Waals surface area contributed by atoms with E-state index in [2.05, 4.69) is 0 Å². The molecule has 0 saturated heterocycles. The molecule has 2 aromatic rings. The van der Waals surface area contributed by atoms with Crippen LogP contribution in [0.5, 0.6) is 5.75 Å². The van der Waals surface area contributed by atoms with Crippen molar-refractivity contribution in [1.29, 1.82) is 0 Å². The third-order valence-corrected chi connectivity index (χ3v) is 3.33. The number of rotatable bonds is 4. The summed E-state index contributed by atoms with van der Waals surface area (Å²) in [5.41, 5.74) is 2.67. The highest BCUT2D eigenvalue weighted by atomic mass is 35.5. The van der Waals surface area contributed by atoms with E-state index in [1.165, 1.54) is 0 Å². The lowest BCUT2D eigenvalue weighted by Crippen LogP contribution is -2.10. The number of hydrogen-bond donors (Lipinski definition) is 1. The van der Waals surface area contributed by atoms with Gasteiger partial charge in [0, 0.05) is 0 Å². The smallest absolute Gasteiger partial charge is 0.328 e. The van der Waals surface area contributed by atoms with E-state index in [1.54, 1.807) is 31.2 Å². The zero-order valence-electron chi connectivity index (χ0n) is 11.0. The number of alkyl halides is 1. The molecule has 0 aliphatic carbocycles. The number of benzene rings is 2. The molecule has 0 fully saturated rings. The third-order valence-electron chi connectivity index (χ3n) is 2.90. The van der Waals surface area contributed by atoms with Gasteiger partial charge in [-0.2, -0.15) is 0 Å². The van der Waals surface area contributed by atoms with Gasteiger partial charge in [-0.25, -0.2) is 0 Å². The predicted octanol–water partition coefficient (Wildman–Crippen LogP) is 3.90. The molecule has 0 bridgehead atoms. The maximum Gasteiger partial charge on any atom is 0.328 e. The molecule has 1 atom stereocenters. The second kappa shape index (κ2) is 6.44. The minimum Gasteiger partial charge on any atom is -0.508 e. The predicted molar refractivity (Wildman–Crippen MR) is 78.8 cm³/mol. The van der Waals surface area contributed by atoms with Crippen LogP contribution in [0.3, 0.4) is 0 Å². The van der Waals surface area contributed by atoms with Crippen LogP contribution in [-0.2, 0) is 9.53 Å². The summed E-state index contributed by atoms with van der Waals surface area (Å²) in [6, 6.07) is 14.3. The molecule has 0 heterocycles. The fraction of sp³-hybridized carbons (Fsp3) is 0.188. The van der Waals surface area contributed by atoms with Crippen molar-refractivity contribution in [3.05, 3.63) is 54.1 Å². The van der Waals surface area contributed by atoms with Crippen molar-refractivity contribution in [2.75, 3.05) is 6.61 Å². The molecule has 104 valence electrons. The monoisotopic (exact) mass is 290 g/mol. The average molecular weight is 291 g/mol. The Morgan fingerprint density at radius 2 is 1.60 bits per heavy atom. The fourth-order valence-corrected chi connectivity index (χ4v) is 2.06. The van der Waals surface area contributed by atoms with Gasteiger partial charge in [-0.1, -0.05) is 36.4 Å². The number of phenolic OH excluding ortho intramolecular Hbond substituents is 1. The molecule has 1 unspecified atom stereocenters. The Labute approximate surface area is 122 Å². The van der Waals surface area contributed by atoms with Gasteiger partial charge in [0.25, 0.3) is 0 Å². The van der Waals surface area contributed by atoms with Gasteiger partial charge < -0.3 is 9.84 Å². The van der Waals surface area contributed by atoms with E-state index in [-0.39, 0.29) is 5.75 Å². The van der Waals surface area contributed by atoms with Gasteiger partial charge in [0.1, 0.15) is 5.75 Å². The molecule has 0 radical (unpaired) electrons. The molecule has 0 aromatic heterocycles.